The smallest absolute Gasteiger partial charge is 0.339 e. The molecule has 0 fully saturated rings. The number of carbonyl (C=O) groups excluding carboxylic acids is 1. The van der Waals surface area contributed by atoms with E-state index in [1.54, 1.807) is 18.2 Å². The van der Waals surface area contributed by atoms with Crippen LogP contribution in [0.3, 0.4) is 0 Å². The number of benzene rings is 1. The Kier molecular flexibility index (Phi) is 3.98. The maximum atomic E-state index is 11.5. The van der Waals surface area contributed by atoms with Gasteiger partial charge in [-0.3, -0.25) is 5.14 Å². The Balaban J connectivity index is 2.88. The summed E-state index contributed by atoms with van der Waals surface area (Å²) in [6, 6.07) is 7.12. The van der Waals surface area contributed by atoms with Crippen LogP contribution in [0.1, 0.15) is 24.2 Å². The highest BCUT2D eigenvalue weighted by Gasteiger charge is 2.12. The first kappa shape index (κ1) is 11.1. The zero-order valence-electron chi connectivity index (χ0n) is 8.19. The van der Waals surface area contributed by atoms with Gasteiger partial charge in [-0.2, -0.15) is 0 Å². The Morgan fingerprint density at radius 2 is 2.07 bits per heavy atom. The van der Waals surface area contributed by atoms with Gasteiger partial charge in [0.15, 0.2) is 0 Å². The van der Waals surface area contributed by atoms with Gasteiger partial charge in [0.05, 0.1) is 11.7 Å². The normalized spacial score (nSPS) is 10.3. The summed E-state index contributed by atoms with van der Waals surface area (Å²) in [7, 11) is 0. The number of nitrogens with two attached hydrogens (primary N) is 1. The summed E-state index contributed by atoms with van der Waals surface area (Å²) in [6.07, 6.45) is -0.113. The first-order valence-corrected chi connectivity index (χ1v) is 5.20. The van der Waals surface area contributed by atoms with Crippen LogP contribution in [-0.2, 0) is 4.74 Å². The van der Waals surface area contributed by atoms with Crippen LogP contribution in [0, 0.1) is 0 Å². The van der Waals surface area contributed by atoms with Crippen molar-refractivity contribution in [3.05, 3.63) is 29.8 Å². The molecule has 4 heteroatoms. The summed E-state index contributed by atoms with van der Waals surface area (Å²) < 4.78 is 5.07. The molecule has 0 aromatic heterocycles. The molecule has 3 nitrogen and oxygen atoms in total. The highest BCUT2D eigenvalue weighted by molar-refractivity contribution is 7.97. The largest absolute Gasteiger partial charge is 0.459 e. The molecule has 0 amide bonds. The molecule has 0 spiro atoms. The van der Waals surface area contributed by atoms with E-state index in [0.717, 1.165) is 16.8 Å². The first-order valence-electron chi connectivity index (χ1n) is 4.32. The fraction of sp³-hybridized carbons (Fsp3) is 0.300. The summed E-state index contributed by atoms with van der Waals surface area (Å²) in [4.78, 5) is 12.3. The molecule has 1 aromatic carbocycles. The average molecular weight is 211 g/mol. The molecular formula is C10H13NO2S. The van der Waals surface area contributed by atoms with Gasteiger partial charge < -0.3 is 4.74 Å². The van der Waals surface area contributed by atoms with Crippen molar-refractivity contribution in [1.82, 2.24) is 0 Å². The van der Waals surface area contributed by atoms with Gasteiger partial charge in [0, 0.05) is 4.90 Å². The fourth-order valence-corrected chi connectivity index (χ4v) is 1.45. The molecule has 0 unspecified atom stereocenters. The number of hydrogen-bond donors (Lipinski definition) is 1. The van der Waals surface area contributed by atoms with Crippen molar-refractivity contribution in [2.24, 2.45) is 5.14 Å². The molecule has 0 bridgehead atoms. The molecule has 1 aromatic rings. The van der Waals surface area contributed by atoms with Crippen molar-refractivity contribution >= 4 is 17.9 Å². The minimum atomic E-state index is -0.325. The minimum absolute atomic E-state index is 0.113. The first-order chi connectivity index (χ1) is 6.65. The van der Waals surface area contributed by atoms with Crippen molar-refractivity contribution in [3.8, 4) is 0 Å². The molecular weight excluding hydrogens is 198 g/mol. The van der Waals surface area contributed by atoms with E-state index in [9.17, 15) is 4.79 Å². The SMILES string of the molecule is CC(C)OC(=O)c1ccccc1SN. The Morgan fingerprint density at radius 1 is 1.43 bits per heavy atom. The molecule has 2 N–H and O–H groups in total. The fourth-order valence-electron chi connectivity index (χ4n) is 1.02. The Bertz CT molecular complexity index is 326. The van der Waals surface area contributed by atoms with Crippen molar-refractivity contribution in [2.45, 2.75) is 24.8 Å². The number of esters is 1. The zero-order chi connectivity index (χ0) is 10.6. The minimum Gasteiger partial charge on any atom is -0.459 e. The van der Waals surface area contributed by atoms with E-state index in [4.69, 9.17) is 9.88 Å². The van der Waals surface area contributed by atoms with Crippen LogP contribution >= 0.6 is 11.9 Å². The lowest BCUT2D eigenvalue weighted by Crippen LogP contribution is -2.12. The summed E-state index contributed by atoms with van der Waals surface area (Å²) >= 11 is 1.05. The Labute approximate surface area is 87.8 Å². The van der Waals surface area contributed by atoms with Crippen molar-refractivity contribution in [2.75, 3.05) is 0 Å². The zero-order valence-corrected chi connectivity index (χ0v) is 9.01. The van der Waals surface area contributed by atoms with Crippen molar-refractivity contribution in [1.29, 1.82) is 0 Å². The summed E-state index contributed by atoms with van der Waals surface area (Å²) in [5.74, 6) is -0.325. The lowest BCUT2D eigenvalue weighted by atomic mass is 10.2. The van der Waals surface area contributed by atoms with E-state index in [0.29, 0.717) is 5.56 Å². The van der Waals surface area contributed by atoms with Crippen LogP contribution in [0.2, 0.25) is 0 Å². The predicted molar refractivity (Wildman–Crippen MR) is 57.0 cm³/mol. The molecule has 0 heterocycles. The summed E-state index contributed by atoms with van der Waals surface area (Å²) in [5.41, 5.74) is 0.522. The third-order valence-corrected chi connectivity index (χ3v) is 2.19. The summed E-state index contributed by atoms with van der Waals surface area (Å²) in [6.45, 7) is 3.63. The van der Waals surface area contributed by atoms with Gasteiger partial charge in [-0.05, 0) is 37.9 Å². The monoisotopic (exact) mass is 211 g/mol. The van der Waals surface area contributed by atoms with Crippen LogP contribution in [-0.4, -0.2) is 12.1 Å². The maximum absolute atomic E-state index is 11.5. The molecule has 1 rings (SSSR count). The van der Waals surface area contributed by atoms with Crippen LogP contribution < -0.4 is 5.14 Å². The van der Waals surface area contributed by atoms with Crippen molar-refractivity contribution < 1.29 is 9.53 Å². The van der Waals surface area contributed by atoms with E-state index in [1.165, 1.54) is 0 Å². The second-order valence-corrected chi connectivity index (χ2v) is 3.74. The molecule has 0 aliphatic rings. The van der Waals surface area contributed by atoms with Crippen LogP contribution in [0.5, 0.6) is 0 Å². The van der Waals surface area contributed by atoms with Gasteiger partial charge in [-0.1, -0.05) is 12.1 Å². The van der Waals surface area contributed by atoms with Crippen LogP contribution in [0.15, 0.2) is 29.2 Å². The lowest BCUT2D eigenvalue weighted by molar-refractivity contribution is 0.0374. The van der Waals surface area contributed by atoms with E-state index >= 15 is 0 Å². The van der Waals surface area contributed by atoms with Gasteiger partial charge >= 0.3 is 5.97 Å². The molecule has 0 saturated carbocycles. The van der Waals surface area contributed by atoms with Crippen molar-refractivity contribution in [3.63, 3.8) is 0 Å². The van der Waals surface area contributed by atoms with E-state index in [-0.39, 0.29) is 12.1 Å². The van der Waals surface area contributed by atoms with E-state index in [1.807, 2.05) is 19.9 Å². The predicted octanol–water partition coefficient (Wildman–Crippen LogP) is 2.22. The third kappa shape index (κ3) is 2.75. The molecule has 0 aliphatic carbocycles. The van der Waals surface area contributed by atoms with E-state index < -0.39 is 0 Å². The van der Waals surface area contributed by atoms with E-state index in [2.05, 4.69) is 0 Å². The number of rotatable bonds is 3. The number of hydrogen-bond acceptors (Lipinski definition) is 4. The molecule has 14 heavy (non-hydrogen) atoms. The Morgan fingerprint density at radius 3 is 2.64 bits per heavy atom. The quantitative estimate of drug-likeness (QED) is 0.615. The number of ether oxygens (including phenoxy) is 1. The average Bonchev–Trinajstić information content (AvgIpc) is 2.16. The standard InChI is InChI=1S/C10H13NO2S/c1-7(2)13-10(12)8-5-3-4-6-9(8)14-11/h3-7H,11H2,1-2H3. The van der Waals surface area contributed by atoms with Gasteiger partial charge in [-0.15, -0.1) is 0 Å². The second kappa shape index (κ2) is 5.02. The second-order valence-electron chi connectivity index (χ2n) is 3.07. The molecule has 0 atom stereocenters. The number of carbonyl (C=O) groups is 1. The highest BCUT2D eigenvalue weighted by atomic mass is 32.2. The van der Waals surface area contributed by atoms with Gasteiger partial charge in [-0.25, -0.2) is 4.79 Å². The Hall–Kier alpha value is -1.00. The lowest BCUT2D eigenvalue weighted by Gasteiger charge is -2.09. The van der Waals surface area contributed by atoms with Crippen LogP contribution in [0.4, 0.5) is 0 Å². The van der Waals surface area contributed by atoms with Gasteiger partial charge in [0.2, 0.25) is 0 Å². The molecule has 0 saturated heterocycles. The van der Waals surface area contributed by atoms with Gasteiger partial charge in [0.1, 0.15) is 0 Å². The molecule has 76 valence electrons. The summed E-state index contributed by atoms with van der Waals surface area (Å²) in [5, 5.41) is 5.43. The van der Waals surface area contributed by atoms with Gasteiger partial charge in [0.25, 0.3) is 0 Å². The molecule has 0 radical (unpaired) electrons. The third-order valence-electron chi connectivity index (χ3n) is 1.58. The maximum Gasteiger partial charge on any atom is 0.339 e. The van der Waals surface area contributed by atoms with Crippen LogP contribution in [0.25, 0.3) is 0 Å². The highest BCUT2D eigenvalue weighted by Crippen LogP contribution is 2.18. The topological polar surface area (TPSA) is 52.3 Å². The molecule has 0 aliphatic heterocycles.